The van der Waals surface area contributed by atoms with Crippen molar-refractivity contribution in [3.8, 4) is 0 Å². The van der Waals surface area contributed by atoms with Crippen molar-refractivity contribution < 1.29 is 24.1 Å². The largest absolute Gasteiger partial charge is 0.390 e. The molecular formula is C31H36O5. The second-order valence-corrected chi connectivity index (χ2v) is 9.88. The Morgan fingerprint density at radius 2 is 1.17 bits per heavy atom. The lowest BCUT2D eigenvalue weighted by Crippen LogP contribution is -2.66. The number of benzene rings is 3. The molecular weight excluding hydrogens is 452 g/mol. The van der Waals surface area contributed by atoms with E-state index in [0.717, 1.165) is 36.0 Å². The fourth-order valence-corrected chi connectivity index (χ4v) is 5.46. The Balaban J connectivity index is 1.42. The van der Waals surface area contributed by atoms with Crippen LogP contribution >= 0.6 is 0 Å². The lowest BCUT2D eigenvalue weighted by molar-refractivity contribution is -0.282. The summed E-state index contributed by atoms with van der Waals surface area (Å²) >= 11 is 0. The minimum Gasteiger partial charge on any atom is -0.390 e. The maximum absolute atomic E-state index is 11.4. The number of aliphatic hydroxyl groups is 1. The Kier molecular flexibility index (Phi) is 8.47. The Hall–Kier alpha value is -2.54. The summed E-state index contributed by atoms with van der Waals surface area (Å²) in [5.74, 6) is 0. The van der Waals surface area contributed by atoms with Gasteiger partial charge in [-0.15, -0.1) is 0 Å². The molecule has 36 heavy (non-hydrogen) atoms. The smallest absolute Gasteiger partial charge is 0.116 e. The Labute approximate surface area is 214 Å². The van der Waals surface area contributed by atoms with Gasteiger partial charge in [0.1, 0.15) is 18.3 Å². The van der Waals surface area contributed by atoms with Gasteiger partial charge >= 0.3 is 0 Å². The molecule has 1 aliphatic carbocycles. The summed E-state index contributed by atoms with van der Waals surface area (Å²) in [5.41, 5.74) is 2.63. The third kappa shape index (κ3) is 6.05. The topological polar surface area (TPSA) is 57.2 Å². The number of rotatable bonds is 9. The van der Waals surface area contributed by atoms with Crippen molar-refractivity contribution in [2.45, 2.75) is 75.5 Å². The van der Waals surface area contributed by atoms with Gasteiger partial charge in [0.25, 0.3) is 0 Å². The average Bonchev–Trinajstić information content (AvgIpc) is 2.93. The minimum atomic E-state index is -0.718. The third-order valence-electron chi connectivity index (χ3n) is 7.30. The van der Waals surface area contributed by atoms with E-state index in [-0.39, 0.29) is 6.10 Å². The zero-order chi connectivity index (χ0) is 24.6. The first-order chi connectivity index (χ1) is 17.7. The average molecular weight is 489 g/mol. The van der Waals surface area contributed by atoms with Crippen LogP contribution < -0.4 is 0 Å². The molecule has 5 heteroatoms. The molecule has 0 aromatic heterocycles. The molecule has 2 fully saturated rings. The van der Waals surface area contributed by atoms with Gasteiger partial charge < -0.3 is 24.1 Å². The molecule has 190 valence electrons. The molecule has 1 aliphatic heterocycles. The van der Waals surface area contributed by atoms with E-state index in [9.17, 15) is 5.11 Å². The van der Waals surface area contributed by atoms with Crippen LogP contribution in [0, 0.1) is 0 Å². The molecule has 3 aromatic carbocycles. The summed E-state index contributed by atoms with van der Waals surface area (Å²) in [4.78, 5) is 0. The van der Waals surface area contributed by atoms with E-state index in [0.29, 0.717) is 32.8 Å². The van der Waals surface area contributed by atoms with E-state index in [1.807, 2.05) is 78.9 Å². The summed E-state index contributed by atoms with van der Waals surface area (Å²) in [5, 5.41) is 11.4. The highest BCUT2D eigenvalue weighted by Crippen LogP contribution is 2.43. The van der Waals surface area contributed by atoms with Gasteiger partial charge in [0.05, 0.1) is 31.5 Å². The number of aliphatic hydroxyl groups excluding tert-OH is 1. The van der Waals surface area contributed by atoms with Gasteiger partial charge in [-0.2, -0.15) is 0 Å². The Morgan fingerprint density at radius 3 is 1.67 bits per heavy atom. The maximum atomic E-state index is 11.4. The number of ether oxygens (including phenoxy) is 4. The van der Waals surface area contributed by atoms with Crippen molar-refractivity contribution in [1.82, 2.24) is 0 Å². The molecule has 1 heterocycles. The van der Waals surface area contributed by atoms with Crippen LogP contribution in [0.5, 0.6) is 0 Å². The van der Waals surface area contributed by atoms with Crippen LogP contribution in [0.15, 0.2) is 91.0 Å². The van der Waals surface area contributed by atoms with Crippen molar-refractivity contribution in [2.75, 3.05) is 6.61 Å². The quantitative estimate of drug-likeness (QED) is 0.434. The highest BCUT2D eigenvalue weighted by Gasteiger charge is 2.56. The molecule has 5 atom stereocenters. The van der Waals surface area contributed by atoms with Crippen LogP contribution in [0.2, 0.25) is 0 Å². The van der Waals surface area contributed by atoms with Crippen molar-refractivity contribution in [3.05, 3.63) is 108 Å². The van der Waals surface area contributed by atoms with Crippen LogP contribution in [0.1, 0.15) is 42.4 Å². The summed E-state index contributed by atoms with van der Waals surface area (Å²) < 4.78 is 26.1. The van der Waals surface area contributed by atoms with Crippen LogP contribution in [-0.2, 0) is 38.8 Å². The van der Waals surface area contributed by atoms with Gasteiger partial charge in [0.15, 0.2) is 0 Å². The first kappa shape index (κ1) is 25.1. The van der Waals surface area contributed by atoms with Crippen LogP contribution in [0.4, 0.5) is 0 Å². The van der Waals surface area contributed by atoms with Gasteiger partial charge in [0, 0.05) is 13.0 Å². The molecule has 1 N–H and O–H groups in total. The molecule has 2 aliphatic rings. The summed E-state index contributed by atoms with van der Waals surface area (Å²) in [7, 11) is 0. The van der Waals surface area contributed by atoms with E-state index < -0.39 is 23.9 Å². The summed E-state index contributed by atoms with van der Waals surface area (Å²) in [6.45, 7) is 1.92. The molecule has 0 bridgehead atoms. The monoisotopic (exact) mass is 488 g/mol. The summed E-state index contributed by atoms with van der Waals surface area (Å²) in [6, 6.07) is 30.3. The molecule has 0 amide bonds. The molecule has 0 radical (unpaired) electrons. The molecule has 5 nitrogen and oxygen atoms in total. The Morgan fingerprint density at radius 1 is 0.667 bits per heavy atom. The normalized spacial score (nSPS) is 28.2. The molecule has 3 aromatic rings. The van der Waals surface area contributed by atoms with E-state index in [2.05, 4.69) is 12.1 Å². The van der Waals surface area contributed by atoms with Crippen LogP contribution in [-0.4, -0.2) is 41.7 Å². The number of hydrogen-bond donors (Lipinski definition) is 1. The molecule has 5 rings (SSSR count). The summed E-state index contributed by atoms with van der Waals surface area (Å²) in [6.07, 6.45) is 1.25. The molecule has 0 unspecified atom stereocenters. The fraction of sp³-hybridized carbons (Fsp3) is 0.419. The second kappa shape index (κ2) is 12.1. The minimum absolute atomic E-state index is 0.370. The highest BCUT2D eigenvalue weighted by atomic mass is 16.6. The standard InChI is InChI=1S/C31H36O5/c32-27-20-31(18-10-11-19-36-31)30(35-23-26-16-8-3-9-17-26)29(34-22-25-14-6-2-7-15-25)28(27)33-21-24-12-4-1-5-13-24/h1-9,12-17,27-30,32H,10-11,18-23H2/t27-,28-,29+,30-,31+/m1/s1. The van der Waals surface area contributed by atoms with Crippen molar-refractivity contribution in [3.63, 3.8) is 0 Å². The highest BCUT2D eigenvalue weighted by molar-refractivity contribution is 5.17. The van der Waals surface area contributed by atoms with Gasteiger partial charge in [-0.05, 0) is 36.0 Å². The lowest BCUT2D eigenvalue weighted by Gasteiger charge is -2.53. The van der Waals surface area contributed by atoms with Gasteiger partial charge in [-0.3, -0.25) is 0 Å². The van der Waals surface area contributed by atoms with Crippen molar-refractivity contribution in [1.29, 1.82) is 0 Å². The predicted octanol–water partition coefficient (Wildman–Crippen LogP) is 5.45. The third-order valence-corrected chi connectivity index (χ3v) is 7.30. The van der Waals surface area contributed by atoms with E-state index in [4.69, 9.17) is 18.9 Å². The van der Waals surface area contributed by atoms with Crippen molar-refractivity contribution in [2.24, 2.45) is 0 Å². The zero-order valence-corrected chi connectivity index (χ0v) is 20.7. The molecule has 1 saturated heterocycles. The van der Waals surface area contributed by atoms with Gasteiger partial charge in [-0.25, -0.2) is 0 Å². The lowest BCUT2D eigenvalue weighted by atomic mass is 9.73. The fourth-order valence-electron chi connectivity index (χ4n) is 5.46. The first-order valence-corrected chi connectivity index (χ1v) is 13.0. The van der Waals surface area contributed by atoms with E-state index in [1.165, 1.54) is 0 Å². The molecule has 1 spiro atoms. The van der Waals surface area contributed by atoms with E-state index in [1.54, 1.807) is 0 Å². The predicted molar refractivity (Wildman–Crippen MR) is 138 cm³/mol. The first-order valence-electron chi connectivity index (χ1n) is 13.0. The zero-order valence-electron chi connectivity index (χ0n) is 20.7. The SMILES string of the molecule is O[C@@H]1C[C@@]2(CCCCO2)[C@H](OCc2ccccc2)[C@@H](OCc2ccccc2)[C@@H]1OCc1ccccc1. The van der Waals surface area contributed by atoms with Gasteiger partial charge in [0.2, 0.25) is 0 Å². The molecule has 1 saturated carbocycles. The van der Waals surface area contributed by atoms with Crippen LogP contribution in [0.3, 0.4) is 0 Å². The van der Waals surface area contributed by atoms with Crippen molar-refractivity contribution >= 4 is 0 Å². The van der Waals surface area contributed by atoms with Crippen LogP contribution in [0.25, 0.3) is 0 Å². The van der Waals surface area contributed by atoms with E-state index >= 15 is 0 Å². The maximum Gasteiger partial charge on any atom is 0.116 e. The Bertz CT molecular complexity index is 1040. The van der Waals surface area contributed by atoms with Gasteiger partial charge in [-0.1, -0.05) is 91.0 Å². The number of hydrogen-bond acceptors (Lipinski definition) is 5. The second-order valence-electron chi connectivity index (χ2n) is 9.88.